The van der Waals surface area contributed by atoms with Gasteiger partial charge in [0.1, 0.15) is 9.84 Å². The summed E-state index contributed by atoms with van der Waals surface area (Å²) in [6, 6.07) is 0. The second-order valence-corrected chi connectivity index (χ2v) is 13.6. The first-order valence-corrected chi connectivity index (χ1v) is 15.0. The number of esters is 2. The maximum atomic E-state index is 11.4. The van der Waals surface area contributed by atoms with Gasteiger partial charge in [-0.25, -0.2) is 16.8 Å². The van der Waals surface area contributed by atoms with E-state index >= 15 is 0 Å². The SMILES string of the molecule is C.CCS(=O)(=O)CC1CCC(C(=O)OC)CC1.COC(=O)C1CCC(CS(=O)(=O)Cl)CC1. The van der Waals surface area contributed by atoms with Crippen molar-refractivity contribution in [3.8, 4) is 0 Å². The molecule has 0 unspecified atom stereocenters. The van der Waals surface area contributed by atoms with Crippen LogP contribution in [-0.4, -0.2) is 60.3 Å². The molecule has 2 rings (SSSR count). The minimum atomic E-state index is -3.41. The Morgan fingerprint density at radius 3 is 1.38 bits per heavy atom. The van der Waals surface area contributed by atoms with Crippen LogP contribution < -0.4 is 0 Å². The molecule has 0 spiro atoms. The summed E-state index contributed by atoms with van der Waals surface area (Å²) in [4.78, 5) is 22.5. The van der Waals surface area contributed by atoms with Crippen LogP contribution in [0.2, 0.25) is 0 Å². The van der Waals surface area contributed by atoms with Crippen molar-refractivity contribution in [2.24, 2.45) is 23.7 Å². The Morgan fingerprint density at radius 1 is 0.750 bits per heavy atom. The van der Waals surface area contributed by atoms with E-state index in [1.54, 1.807) is 6.92 Å². The zero-order valence-electron chi connectivity index (χ0n) is 18.5. The minimum Gasteiger partial charge on any atom is -0.469 e. The molecule has 0 bridgehead atoms. The highest BCUT2D eigenvalue weighted by atomic mass is 35.7. The van der Waals surface area contributed by atoms with E-state index in [-0.39, 0.29) is 60.3 Å². The summed E-state index contributed by atoms with van der Waals surface area (Å²) in [5, 5.41) is 0. The monoisotopic (exact) mass is 518 g/mol. The molecule has 0 heterocycles. The van der Waals surface area contributed by atoms with Crippen LogP contribution in [0.4, 0.5) is 0 Å². The van der Waals surface area contributed by atoms with E-state index in [9.17, 15) is 26.4 Å². The fraction of sp³-hybridized carbons (Fsp3) is 0.905. The van der Waals surface area contributed by atoms with Crippen molar-refractivity contribution in [3.63, 3.8) is 0 Å². The van der Waals surface area contributed by atoms with Crippen LogP contribution in [-0.2, 0) is 38.0 Å². The molecule has 2 aliphatic carbocycles. The van der Waals surface area contributed by atoms with Crippen molar-refractivity contribution in [2.75, 3.05) is 31.5 Å². The Labute approximate surface area is 198 Å². The van der Waals surface area contributed by atoms with Crippen molar-refractivity contribution in [3.05, 3.63) is 0 Å². The number of hydrogen-bond acceptors (Lipinski definition) is 8. The van der Waals surface area contributed by atoms with Gasteiger partial charge in [0.05, 0.1) is 37.6 Å². The minimum absolute atomic E-state index is 0. The van der Waals surface area contributed by atoms with Crippen molar-refractivity contribution in [1.29, 1.82) is 0 Å². The average molecular weight is 519 g/mol. The number of carbonyl (C=O) groups is 2. The van der Waals surface area contributed by atoms with Crippen LogP contribution in [0.15, 0.2) is 0 Å². The Bertz CT molecular complexity index is 779. The second kappa shape index (κ2) is 14.4. The van der Waals surface area contributed by atoms with E-state index in [2.05, 4.69) is 9.47 Å². The number of sulfone groups is 1. The number of ether oxygens (including phenoxy) is 2. The predicted octanol–water partition coefficient (Wildman–Crippen LogP) is 3.57. The largest absolute Gasteiger partial charge is 0.469 e. The van der Waals surface area contributed by atoms with Gasteiger partial charge in [-0.05, 0) is 63.2 Å². The number of hydrogen-bond donors (Lipinski definition) is 0. The van der Waals surface area contributed by atoms with Crippen LogP contribution in [0.3, 0.4) is 0 Å². The highest BCUT2D eigenvalue weighted by Gasteiger charge is 2.30. The van der Waals surface area contributed by atoms with E-state index in [0.717, 1.165) is 38.5 Å². The first-order valence-electron chi connectivity index (χ1n) is 10.7. The molecule has 32 heavy (non-hydrogen) atoms. The normalized spacial score (nSPS) is 26.0. The van der Waals surface area contributed by atoms with Crippen molar-refractivity contribution >= 4 is 41.5 Å². The molecular weight excluding hydrogens is 480 g/mol. The lowest BCUT2D eigenvalue weighted by Crippen LogP contribution is -2.27. The van der Waals surface area contributed by atoms with E-state index in [1.165, 1.54) is 14.2 Å². The smallest absolute Gasteiger partial charge is 0.308 e. The van der Waals surface area contributed by atoms with Crippen molar-refractivity contribution in [1.82, 2.24) is 0 Å². The van der Waals surface area contributed by atoms with Gasteiger partial charge in [-0.2, -0.15) is 0 Å². The standard InChI is InChI=1S/C11H20O4S.C9H15ClO4S.CH4/c1-3-16(13,14)8-9-4-6-10(7-5-9)11(12)15-2;1-14-9(11)8-4-2-7(3-5-8)6-15(10,12)13;/h9-10H,3-8H2,1-2H3;7-8H,2-6H2,1H3;1H4. The zero-order chi connectivity index (χ0) is 23.7. The lowest BCUT2D eigenvalue weighted by atomic mass is 9.83. The summed E-state index contributed by atoms with van der Waals surface area (Å²) in [7, 11) is 1.66. The quantitative estimate of drug-likeness (QED) is 0.370. The van der Waals surface area contributed by atoms with Gasteiger partial charge < -0.3 is 9.47 Å². The number of rotatable bonds is 7. The average Bonchev–Trinajstić information content (AvgIpc) is 2.73. The van der Waals surface area contributed by atoms with E-state index in [4.69, 9.17) is 10.7 Å². The van der Waals surface area contributed by atoms with Crippen LogP contribution in [0.5, 0.6) is 0 Å². The molecule has 0 amide bonds. The third kappa shape index (κ3) is 11.8. The van der Waals surface area contributed by atoms with Gasteiger partial charge in [-0.15, -0.1) is 0 Å². The van der Waals surface area contributed by atoms with Crippen LogP contribution in [0, 0.1) is 23.7 Å². The number of methoxy groups -OCH3 is 2. The van der Waals surface area contributed by atoms with Crippen molar-refractivity contribution < 1.29 is 35.9 Å². The molecule has 0 aliphatic heterocycles. The molecule has 2 saturated carbocycles. The predicted molar refractivity (Wildman–Crippen MR) is 126 cm³/mol. The fourth-order valence-electron chi connectivity index (χ4n) is 4.22. The topological polar surface area (TPSA) is 121 Å². The van der Waals surface area contributed by atoms with Crippen LogP contribution in [0.1, 0.15) is 65.7 Å². The summed E-state index contributed by atoms with van der Waals surface area (Å²) in [5.41, 5.74) is 0. The molecule has 2 fully saturated rings. The molecule has 0 radical (unpaired) electrons. The second-order valence-electron chi connectivity index (χ2n) is 8.39. The summed E-state index contributed by atoms with van der Waals surface area (Å²) in [6.07, 6.45) is 6.01. The number of carbonyl (C=O) groups excluding carboxylic acids is 2. The molecule has 8 nitrogen and oxygen atoms in total. The van der Waals surface area contributed by atoms with Gasteiger partial charge in [-0.3, -0.25) is 9.59 Å². The van der Waals surface area contributed by atoms with Gasteiger partial charge in [-0.1, -0.05) is 14.4 Å². The van der Waals surface area contributed by atoms with Gasteiger partial charge in [0.25, 0.3) is 0 Å². The third-order valence-corrected chi connectivity index (χ3v) is 9.23. The molecule has 2 aliphatic rings. The number of halogens is 1. The maximum Gasteiger partial charge on any atom is 0.308 e. The summed E-state index contributed by atoms with van der Waals surface area (Å²) in [5.74, 6) is 0.386. The Morgan fingerprint density at radius 2 is 1.09 bits per heavy atom. The van der Waals surface area contributed by atoms with Gasteiger partial charge in [0.2, 0.25) is 9.05 Å². The molecule has 0 aromatic carbocycles. The highest BCUT2D eigenvalue weighted by molar-refractivity contribution is 8.13. The molecule has 11 heteroatoms. The first kappa shape index (κ1) is 31.1. The fourth-order valence-corrected chi connectivity index (χ4v) is 6.94. The zero-order valence-corrected chi connectivity index (χ0v) is 20.9. The summed E-state index contributed by atoms with van der Waals surface area (Å²) in [6.45, 7) is 1.68. The Balaban J connectivity index is 0.000000584. The Kier molecular flexibility index (Phi) is 14.0. The molecule has 0 aromatic heterocycles. The first-order chi connectivity index (χ1) is 14.4. The lowest BCUT2D eigenvalue weighted by molar-refractivity contribution is -0.147. The van der Waals surface area contributed by atoms with Crippen LogP contribution >= 0.6 is 10.7 Å². The van der Waals surface area contributed by atoms with Crippen LogP contribution in [0.25, 0.3) is 0 Å². The third-order valence-electron chi connectivity index (χ3n) is 6.13. The summed E-state index contributed by atoms with van der Waals surface area (Å²) >= 11 is 0. The summed E-state index contributed by atoms with van der Waals surface area (Å²) < 4.78 is 53.9. The van der Waals surface area contributed by atoms with E-state index in [1.807, 2.05) is 0 Å². The highest BCUT2D eigenvalue weighted by Crippen LogP contribution is 2.31. The van der Waals surface area contributed by atoms with Gasteiger partial charge in [0.15, 0.2) is 0 Å². The Hall–Kier alpha value is -0.870. The van der Waals surface area contributed by atoms with E-state index in [0.29, 0.717) is 12.8 Å². The van der Waals surface area contributed by atoms with Gasteiger partial charge >= 0.3 is 11.9 Å². The van der Waals surface area contributed by atoms with Crippen molar-refractivity contribution in [2.45, 2.75) is 65.7 Å². The van der Waals surface area contributed by atoms with Gasteiger partial charge in [0, 0.05) is 16.4 Å². The molecule has 190 valence electrons. The lowest BCUT2D eigenvalue weighted by Gasteiger charge is -2.26. The molecular formula is C21H39ClO8S2. The molecule has 0 saturated heterocycles. The molecule has 0 atom stereocenters. The maximum absolute atomic E-state index is 11.4. The van der Waals surface area contributed by atoms with E-state index < -0.39 is 18.9 Å². The molecule has 0 N–H and O–H groups in total. The molecule has 0 aromatic rings.